The van der Waals surface area contributed by atoms with Crippen molar-refractivity contribution in [3.8, 4) is 11.5 Å². The number of fused-ring (bicyclic) bond motifs is 1. The van der Waals surface area contributed by atoms with E-state index in [1.165, 1.54) is 0 Å². The van der Waals surface area contributed by atoms with Crippen LogP contribution in [0.2, 0.25) is 10.0 Å². The van der Waals surface area contributed by atoms with Crippen molar-refractivity contribution < 1.29 is 14.3 Å². The average molecular weight is 338 g/mol. The van der Waals surface area contributed by atoms with Gasteiger partial charge < -0.3 is 14.8 Å². The number of amides is 1. The monoisotopic (exact) mass is 337 g/mol. The Morgan fingerprint density at radius 1 is 1.09 bits per heavy atom. The van der Waals surface area contributed by atoms with E-state index in [0.717, 1.165) is 5.56 Å². The number of halogens is 2. The number of hydrogen-bond acceptors (Lipinski definition) is 3. The highest BCUT2D eigenvalue weighted by atomic mass is 35.5. The van der Waals surface area contributed by atoms with E-state index in [2.05, 4.69) is 5.32 Å². The third kappa shape index (κ3) is 3.46. The van der Waals surface area contributed by atoms with Crippen LogP contribution in [0.5, 0.6) is 11.5 Å². The van der Waals surface area contributed by atoms with Gasteiger partial charge in [-0.1, -0.05) is 23.2 Å². The summed E-state index contributed by atoms with van der Waals surface area (Å²) in [6.45, 7) is 0.951. The molecular weight excluding hydrogens is 325 g/mol. The standard InChI is InChI=1S/C16H13Cl2NO3/c17-11-1-3-12(4-2-11)19-15(20)9-10-7-13(18)16-14(8-10)21-5-6-22-16/h1-4,7-8H,5-6,9H2,(H,19,20). The molecule has 0 fully saturated rings. The van der Waals surface area contributed by atoms with Gasteiger partial charge in [-0.3, -0.25) is 4.79 Å². The lowest BCUT2D eigenvalue weighted by Crippen LogP contribution is -2.17. The zero-order chi connectivity index (χ0) is 15.5. The number of carbonyl (C=O) groups excluding carboxylic acids is 1. The topological polar surface area (TPSA) is 47.6 Å². The van der Waals surface area contributed by atoms with E-state index in [1.807, 2.05) is 0 Å². The molecule has 0 atom stereocenters. The Bertz CT molecular complexity index is 701. The molecule has 0 unspecified atom stereocenters. The van der Waals surface area contributed by atoms with Crippen molar-refractivity contribution in [3.05, 3.63) is 52.0 Å². The molecule has 3 rings (SSSR count). The van der Waals surface area contributed by atoms with Gasteiger partial charge in [0.2, 0.25) is 5.91 Å². The molecule has 1 heterocycles. The summed E-state index contributed by atoms with van der Waals surface area (Å²) in [5, 5.41) is 3.88. The summed E-state index contributed by atoms with van der Waals surface area (Å²) in [4.78, 5) is 12.1. The van der Waals surface area contributed by atoms with Gasteiger partial charge in [0.1, 0.15) is 13.2 Å². The summed E-state index contributed by atoms with van der Waals surface area (Å²) in [6, 6.07) is 10.4. The number of hydrogen-bond donors (Lipinski definition) is 1. The van der Waals surface area contributed by atoms with Gasteiger partial charge >= 0.3 is 0 Å². The van der Waals surface area contributed by atoms with Crippen molar-refractivity contribution in [3.63, 3.8) is 0 Å². The first-order valence-corrected chi connectivity index (χ1v) is 7.51. The van der Waals surface area contributed by atoms with E-state index >= 15 is 0 Å². The first kappa shape index (κ1) is 15.0. The van der Waals surface area contributed by atoms with Gasteiger partial charge in [0.25, 0.3) is 0 Å². The lowest BCUT2D eigenvalue weighted by atomic mass is 10.1. The minimum atomic E-state index is -0.143. The second-order valence-electron chi connectivity index (χ2n) is 4.83. The molecule has 1 aliphatic rings. The van der Waals surface area contributed by atoms with Crippen LogP contribution in [0.25, 0.3) is 0 Å². The lowest BCUT2D eigenvalue weighted by molar-refractivity contribution is -0.115. The van der Waals surface area contributed by atoms with Crippen LogP contribution in [-0.4, -0.2) is 19.1 Å². The van der Waals surface area contributed by atoms with Crippen LogP contribution in [0.3, 0.4) is 0 Å². The zero-order valence-electron chi connectivity index (χ0n) is 11.6. The quantitative estimate of drug-likeness (QED) is 0.922. The number of carbonyl (C=O) groups is 1. The molecule has 0 aromatic heterocycles. The smallest absolute Gasteiger partial charge is 0.228 e. The van der Waals surface area contributed by atoms with E-state index in [4.69, 9.17) is 32.7 Å². The number of benzene rings is 2. The molecule has 22 heavy (non-hydrogen) atoms. The van der Waals surface area contributed by atoms with Gasteiger partial charge in [0.05, 0.1) is 11.4 Å². The maximum absolute atomic E-state index is 12.1. The third-order valence-electron chi connectivity index (χ3n) is 3.15. The van der Waals surface area contributed by atoms with E-state index in [9.17, 15) is 4.79 Å². The van der Waals surface area contributed by atoms with Gasteiger partial charge in [-0.25, -0.2) is 0 Å². The molecule has 0 bridgehead atoms. The molecule has 4 nitrogen and oxygen atoms in total. The van der Waals surface area contributed by atoms with Crippen LogP contribution in [0, 0.1) is 0 Å². The highest BCUT2D eigenvalue weighted by Crippen LogP contribution is 2.38. The molecule has 2 aromatic carbocycles. The number of anilines is 1. The van der Waals surface area contributed by atoms with E-state index in [-0.39, 0.29) is 12.3 Å². The summed E-state index contributed by atoms with van der Waals surface area (Å²) in [5.74, 6) is 0.970. The molecule has 1 N–H and O–H groups in total. The first-order chi connectivity index (χ1) is 10.6. The van der Waals surface area contributed by atoms with Gasteiger partial charge in [-0.15, -0.1) is 0 Å². The molecular formula is C16H13Cl2NO3. The third-order valence-corrected chi connectivity index (χ3v) is 3.68. The molecule has 114 valence electrons. The van der Waals surface area contributed by atoms with E-state index in [0.29, 0.717) is 40.4 Å². The van der Waals surface area contributed by atoms with Crippen molar-refractivity contribution >= 4 is 34.8 Å². The van der Waals surface area contributed by atoms with Gasteiger partial charge in [-0.2, -0.15) is 0 Å². The second-order valence-corrected chi connectivity index (χ2v) is 5.68. The Morgan fingerprint density at radius 3 is 2.59 bits per heavy atom. The second kappa shape index (κ2) is 6.46. The molecule has 1 aliphatic heterocycles. The Balaban J connectivity index is 1.71. The molecule has 0 radical (unpaired) electrons. The Kier molecular flexibility index (Phi) is 4.41. The van der Waals surface area contributed by atoms with Gasteiger partial charge in [-0.05, 0) is 42.0 Å². The normalized spacial score (nSPS) is 12.8. The van der Waals surface area contributed by atoms with Gasteiger partial charge in [0.15, 0.2) is 11.5 Å². The Hall–Kier alpha value is -1.91. The molecule has 0 saturated heterocycles. The van der Waals surface area contributed by atoms with E-state index < -0.39 is 0 Å². The van der Waals surface area contributed by atoms with E-state index in [1.54, 1.807) is 36.4 Å². The van der Waals surface area contributed by atoms with Crippen LogP contribution in [0.1, 0.15) is 5.56 Å². The molecule has 0 aliphatic carbocycles. The summed E-state index contributed by atoms with van der Waals surface area (Å²) < 4.78 is 11.0. The Labute approximate surface area is 137 Å². The van der Waals surface area contributed by atoms with Crippen molar-refractivity contribution in [1.29, 1.82) is 0 Å². The fraction of sp³-hybridized carbons (Fsp3) is 0.188. The minimum Gasteiger partial charge on any atom is -0.486 e. The fourth-order valence-corrected chi connectivity index (χ4v) is 2.60. The number of rotatable bonds is 3. The molecule has 1 amide bonds. The first-order valence-electron chi connectivity index (χ1n) is 6.75. The van der Waals surface area contributed by atoms with Crippen LogP contribution < -0.4 is 14.8 Å². The predicted molar refractivity (Wildman–Crippen MR) is 86.2 cm³/mol. The maximum atomic E-state index is 12.1. The Morgan fingerprint density at radius 2 is 1.82 bits per heavy atom. The number of nitrogens with one attached hydrogen (secondary N) is 1. The largest absolute Gasteiger partial charge is 0.486 e. The van der Waals surface area contributed by atoms with Crippen molar-refractivity contribution in [2.45, 2.75) is 6.42 Å². The van der Waals surface area contributed by atoms with Crippen molar-refractivity contribution in [1.82, 2.24) is 0 Å². The average Bonchev–Trinajstić information content (AvgIpc) is 2.49. The molecule has 6 heteroatoms. The van der Waals surface area contributed by atoms with Crippen molar-refractivity contribution in [2.24, 2.45) is 0 Å². The maximum Gasteiger partial charge on any atom is 0.228 e. The molecule has 0 spiro atoms. The highest BCUT2D eigenvalue weighted by molar-refractivity contribution is 6.32. The minimum absolute atomic E-state index is 0.143. The zero-order valence-corrected chi connectivity index (χ0v) is 13.1. The number of ether oxygens (including phenoxy) is 2. The summed E-state index contributed by atoms with van der Waals surface area (Å²) in [5.41, 5.74) is 1.46. The van der Waals surface area contributed by atoms with Crippen LogP contribution in [-0.2, 0) is 11.2 Å². The summed E-state index contributed by atoms with van der Waals surface area (Å²) in [7, 11) is 0. The van der Waals surface area contributed by atoms with Crippen molar-refractivity contribution in [2.75, 3.05) is 18.5 Å². The molecule has 2 aromatic rings. The van der Waals surface area contributed by atoms with Crippen LogP contribution in [0.4, 0.5) is 5.69 Å². The SMILES string of the molecule is O=C(Cc1cc(Cl)c2c(c1)OCCO2)Nc1ccc(Cl)cc1. The summed E-state index contributed by atoms with van der Waals surface area (Å²) in [6.07, 6.45) is 0.193. The highest BCUT2D eigenvalue weighted by Gasteiger charge is 2.17. The summed E-state index contributed by atoms with van der Waals surface area (Å²) >= 11 is 12.0. The van der Waals surface area contributed by atoms with Gasteiger partial charge in [0, 0.05) is 10.7 Å². The fourth-order valence-electron chi connectivity index (χ4n) is 2.19. The van der Waals surface area contributed by atoms with Crippen LogP contribution >= 0.6 is 23.2 Å². The predicted octanol–water partition coefficient (Wildman–Crippen LogP) is 3.95. The molecule has 0 saturated carbocycles. The lowest BCUT2D eigenvalue weighted by Gasteiger charge is -2.20. The van der Waals surface area contributed by atoms with Crippen LogP contribution in [0.15, 0.2) is 36.4 Å².